The van der Waals surface area contributed by atoms with Crippen LogP contribution >= 0.6 is 125 Å². The molecule has 7 heterocycles. The van der Waals surface area contributed by atoms with Crippen LogP contribution in [0.5, 0.6) is 0 Å². The fourth-order valence-electron chi connectivity index (χ4n) is 16.0. The van der Waals surface area contributed by atoms with Crippen molar-refractivity contribution in [2.75, 3.05) is 0 Å². The van der Waals surface area contributed by atoms with Crippen molar-refractivity contribution in [2.24, 2.45) is 0 Å². The molecule has 0 saturated heterocycles. The van der Waals surface area contributed by atoms with Crippen LogP contribution < -0.4 is 2.89 Å². The molecule has 2 aliphatic rings. The molecular weight excluding hydrogens is 1750 g/mol. The smallest absolute Gasteiger partial charge is 0.196 e. The molecule has 7 aromatic heterocycles. The van der Waals surface area contributed by atoms with Crippen molar-refractivity contribution < 1.29 is 9.59 Å². The maximum absolute atomic E-state index is 14.8. The number of hydrogen-bond donors (Lipinski definition) is 0. The molecule has 0 radical (unpaired) electrons. The fourth-order valence-corrected chi connectivity index (χ4v) is 46.3. The molecule has 0 atom stereocenters. The second-order valence-electron chi connectivity index (χ2n) is 31.2. The first-order valence-corrected chi connectivity index (χ1v) is 59.1. The average Bonchev–Trinajstić information content (AvgIpc) is 1.56. The molecule has 0 saturated carbocycles. The SMILES string of the molecule is CCCCCCCCCc1cc[c]([Sn]([CH2]CCC)([CH2]CCC)[CH2]CCC)s1.CCCCCCCCCc1ccc(-c2sc3c(c2CCCCCC)C(=O)c2c-3sc(-c3ccc(CCCCCCCCC)s3)c2CCCCCC)s1.CCCCCCc1c(I)sc2c1C(=O)c1c-2sc(I)c1CCCCCC. The summed E-state index contributed by atoms with van der Waals surface area (Å²) in [5.41, 5.74) is 9.66. The Morgan fingerprint density at radius 3 is 0.819 bits per heavy atom. The zero-order chi connectivity index (χ0) is 75.0. The summed E-state index contributed by atoms with van der Waals surface area (Å²) in [5.74, 6) is 0.662. The second-order valence-corrected chi connectivity index (χ2v) is 56.6. The average molecular weight is 1890 g/mol. The van der Waals surface area contributed by atoms with E-state index in [1.165, 1.54) is 372 Å². The van der Waals surface area contributed by atoms with Crippen molar-refractivity contribution in [1.82, 2.24) is 0 Å². The quantitative estimate of drug-likeness (QED) is 0.0216. The molecule has 0 amide bonds. The Balaban J connectivity index is 0.000000244. The van der Waals surface area contributed by atoms with Gasteiger partial charge in [0.15, 0.2) is 11.6 Å². The Labute approximate surface area is 702 Å². The number of halogens is 2. The summed E-state index contributed by atoms with van der Waals surface area (Å²) < 4.78 is 9.43. The number of ketones is 2. The minimum Gasteiger partial charge on any atom is -0.288 e. The van der Waals surface area contributed by atoms with Crippen LogP contribution in [0.25, 0.3) is 39.0 Å². The van der Waals surface area contributed by atoms with Crippen LogP contribution in [-0.2, 0) is 44.9 Å². The number of rotatable bonds is 56. The molecule has 0 N–H and O–H groups in total. The van der Waals surface area contributed by atoms with E-state index < -0.39 is 18.4 Å². The number of hydrogen-bond acceptors (Lipinski definition) is 9. The Hall–Kier alpha value is -0.501. The van der Waals surface area contributed by atoms with E-state index in [0.29, 0.717) is 11.6 Å². The molecule has 105 heavy (non-hydrogen) atoms. The Morgan fingerprint density at radius 2 is 0.495 bits per heavy atom. The van der Waals surface area contributed by atoms with Gasteiger partial charge < -0.3 is 0 Å². The summed E-state index contributed by atoms with van der Waals surface area (Å²) >= 11 is 16.6. The number of aryl methyl sites for hydroxylation is 3. The van der Waals surface area contributed by atoms with Crippen LogP contribution in [0.15, 0.2) is 36.4 Å². The van der Waals surface area contributed by atoms with E-state index in [1.807, 2.05) is 70.9 Å². The van der Waals surface area contributed by atoms with Crippen molar-refractivity contribution in [3.8, 4) is 39.0 Å². The van der Waals surface area contributed by atoms with Crippen molar-refractivity contribution >= 4 is 157 Å². The summed E-state index contributed by atoms with van der Waals surface area (Å²) in [7, 11) is 0. The molecule has 7 aromatic rings. The van der Waals surface area contributed by atoms with Gasteiger partial charge in [-0.05, 0) is 169 Å². The van der Waals surface area contributed by atoms with Gasteiger partial charge in [0.1, 0.15) is 0 Å². The van der Waals surface area contributed by atoms with E-state index in [4.69, 9.17) is 0 Å². The van der Waals surface area contributed by atoms with E-state index in [2.05, 4.69) is 162 Å². The van der Waals surface area contributed by atoms with Crippen molar-refractivity contribution in [2.45, 2.75) is 404 Å². The molecule has 9 rings (SSSR count). The van der Waals surface area contributed by atoms with E-state index in [-0.39, 0.29) is 0 Å². The topological polar surface area (TPSA) is 34.1 Å². The minimum absolute atomic E-state index is 0.323. The van der Waals surface area contributed by atoms with Gasteiger partial charge >= 0.3 is 181 Å². The number of unbranched alkanes of at least 4 members (excludes halogenated alkanes) is 33. The third-order valence-electron chi connectivity index (χ3n) is 22.4. The van der Waals surface area contributed by atoms with Gasteiger partial charge in [-0.3, -0.25) is 9.59 Å². The van der Waals surface area contributed by atoms with Crippen LogP contribution in [0.1, 0.15) is 414 Å². The molecular formula is C93H142I2O2S7Sn. The third-order valence-corrected chi connectivity index (χ3v) is 52.0. The fraction of sp³-hybridized carbons (Fsp3) is 0.677. The largest absolute Gasteiger partial charge is 0.288 e. The molecule has 0 aliphatic heterocycles. The number of fused-ring (bicyclic) bond motifs is 6. The molecule has 586 valence electrons. The normalized spacial score (nSPS) is 12.3. The van der Waals surface area contributed by atoms with Crippen LogP contribution in [0.2, 0.25) is 13.3 Å². The number of carbonyl (C=O) groups is 2. The van der Waals surface area contributed by atoms with E-state index in [1.54, 1.807) is 18.2 Å². The summed E-state index contributed by atoms with van der Waals surface area (Å²) in [6, 6.07) is 14.6. The van der Waals surface area contributed by atoms with E-state index in [0.717, 1.165) is 47.9 Å². The monoisotopic (exact) mass is 1890 g/mol. The van der Waals surface area contributed by atoms with Crippen molar-refractivity contribution in [3.05, 3.63) is 101 Å². The predicted molar refractivity (Wildman–Crippen MR) is 500 cm³/mol. The van der Waals surface area contributed by atoms with Gasteiger partial charge in [-0.25, -0.2) is 0 Å². The molecule has 0 fully saturated rings. The van der Waals surface area contributed by atoms with E-state index in [9.17, 15) is 9.59 Å². The van der Waals surface area contributed by atoms with Crippen LogP contribution in [0.4, 0.5) is 0 Å². The summed E-state index contributed by atoms with van der Waals surface area (Å²) in [4.78, 5) is 43.5. The van der Waals surface area contributed by atoms with E-state index >= 15 is 0 Å². The maximum Gasteiger partial charge on any atom is 0.196 e. The van der Waals surface area contributed by atoms with Crippen LogP contribution in [0, 0.1) is 5.77 Å². The predicted octanol–water partition coefficient (Wildman–Crippen LogP) is 34.9. The number of thiophene rings is 7. The first-order chi connectivity index (χ1) is 51.4. The zero-order valence-corrected chi connectivity index (χ0v) is 80.8. The maximum atomic E-state index is 14.8. The third kappa shape index (κ3) is 28.2. The Kier molecular flexibility index (Phi) is 46.1. The first-order valence-electron chi connectivity index (χ1n) is 43.7. The van der Waals surface area contributed by atoms with Gasteiger partial charge in [-0.15, -0.1) is 68.0 Å². The van der Waals surface area contributed by atoms with Crippen LogP contribution in [0.3, 0.4) is 0 Å². The first kappa shape index (κ1) is 91.7. The summed E-state index contributed by atoms with van der Waals surface area (Å²) in [5, 5.41) is 0. The van der Waals surface area contributed by atoms with Gasteiger partial charge in [0, 0.05) is 51.5 Å². The molecule has 0 aromatic carbocycles. The standard InChI is InChI=1S/C47H68OS4.C21H26I2OS2.C13H21S.3C4H9.Sn/c1-5-9-13-17-19-21-23-27-35-31-33-39(49-35)44-37(29-25-15-11-7-3)41-43(48)42-38(30-26-16-12-8-4)45(52-47(42)46(41)51-44)40-34-32-36(50-40)28-24-22-20-18-14-10-6-2;1-3-5-7-9-11-13-15-17(24)16-14(12-10-8-6-4-2)21(23)26-19(16)18(15)25-20(13)22;1-2-3-4-5-6-7-8-10-13-11-9-12-14-13;3*1-3-4-2;/h31-34H,5-30H2,1-4H3;3-12H2,1-2H3;9,11H,2-8,10H2,1H3;3*1,3-4H2,2H3;. The molecule has 0 unspecified atom stereocenters. The molecule has 0 bridgehead atoms. The van der Waals surface area contributed by atoms with Crippen LogP contribution in [-0.4, -0.2) is 29.9 Å². The van der Waals surface area contributed by atoms with Gasteiger partial charge in [-0.2, -0.15) is 0 Å². The Morgan fingerprint density at radius 1 is 0.248 bits per heavy atom. The molecule has 2 nitrogen and oxygen atoms in total. The van der Waals surface area contributed by atoms with Crippen molar-refractivity contribution in [1.29, 1.82) is 0 Å². The Bertz CT molecular complexity index is 3330. The van der Waals surface area contributed by atoms with Crippen molar-refractivity contribution in [3.63, 3.8) is 0 Å². The molecule has 2 aliphatic carbocycles. The van der Waals surface area contributed by atoms with Gasteiger partial charge in [-0.1, -0.05) is 196 Å². The summed E-state index contributed by atoms with van der Waals surface area (Å²) in [6.45, 7) is 23.1. The van der Waals surface area contributed by atoms with Gasteiger partial charge in [0.25, 0.3) is 0 Å². The second kappa shape index (κ2) is 52.8. The minimum atomic E-state index is -2.16. The number of carbonyl (C=O) groups excluding carboxylic acids is 2. The zero-order valence-electron chi connectivity index (χ0n) is 67.9. The molecule has 12 heteroatoms. The molecule has 0 spiro atoms. The van der Waals surface area contributed by atoms with Gasteiger partial charge in [0.05, 0.1) is 25.3 Å². The summed E-state index contributed by atoms with van der Waals surface area (Å²) in [6.07, 6.45) is 65.4. The van der Waals surface area contributed by atoms with Gasteiger partial charge in [0.2, 0.25) is 0 Å².